The molecule has 3 aromatic carbocycles. The molecule has 0 aromatic heterocycles. The number of methoxy groups -OCH3 is 3. The molecule has 3 rings (SSSR count). The molecule has 0 amide bonds. The van der Waals surface area contributed by atoms with Crippen molar-refractivity contribution in [3.05, 3.63) is 89.5 Å². The zero-order chi connectivity index (χ0) is 23.6. The molecule has 0 saturated carbocycles. The van der Waals surface area contributed by atoms with Gasteiger partial charge in [-0.3, -0.25) is 4.79 Å². The van der Waals surface area contributed by atoms with Gasteiger partial charge in [0.15, 0.2) is 12.9 Å². The first-order chi connectivity index (χ1) is 16.0. The van der Waals surface area contributed by atoms with Crippen LogP contribution in [0.3, 0.4) is 0 Å². The summed E-state index contributed by atoms with van der Waals surface area (Å²) in [5.74, 6) is 0.667. The van der Waals surface area contributed by atoms with Crippen LogP contribution >= 0.6 is 0 Å². The molecule has 0 spiro atoms. The normalized spacial score (nSPS) is 11.4. The Bertz CT molecular complexity index is 1060. The van der Waals surface area contributed by atoms with E-state index in [1.807, 2.05) is 12.1 Å². The van der Waals surface area contributed by atoms with E-state index in [4.69, 9.17) is 23.7 Å². The summed E-state index contributed by atoms with van der Waals surface area (Å²) in [5, 5.41) is 0. The first-order valence-electron chi connectivity index (χ1n) is 10.3. The third kappa shape index (κ3) is 6.33. The zero-order valence-electron chi connectivity index (χ0n) is 18.8. The Morgan fingerprint density at radius 2 is 1.39 bits per heavy atom. The highest BCUT2D eigenvalue weighted by Gasteiger charge is 2.28. The average molecular weight is 450 g/mol. The second kappa shape index (κ2) is 11.7. The SMILES string of the molecule is COCOc1ccccc1C(=O)C(Cc1ccc(OC)cc1)OC(=O)c1ccc(OC)cc1. The number of para-hydroxylation sites is 1. The van der Waals surface area contributed by atoms with Gasteiger partial charge >= 0.3 is 5.97 Å². The summed E-state index contributed by atoms with van der Waals surface area (Å²) >= 11 is 0. The van der Waals surface area contributed by atoms with Crippen LogP contribution in [0.2, 0.25) is 0 Å². The molecule has 1 unspecified atom stereocenters. The predicted molar refractivity (Wildman–Crippen MR) is 122 cm³/mol. The highest BCUT2D eigenvalue weighted by atomic mass is 16.7. The fourth-order valence-corrected chi connectivity index (χ4v) is 3.18. The number of ether oxygens (including phenoxy) is 5. The number of carbonyl (C=O) groups is 2. The van der Waals surface area contributed by atoms with Crippen LogP contribution < -0.4 is 14.2 Å². The molecule has 0 aliphatic rings. The smallest absolute Gasteiger partial charge is 0.338 e. The van der Waals surface area contributed by atoms with Gasteiger partial charge in [0, 0.05) is 13.5 Å². The quantitative estimate of drug-likeness (QED) is 0.244. The van der Waals surface area contributed by atoms with Crippen LogP contribution in [-0.2, 0) is 15.9 Å². The lowest BCUT2D eigenvalue weighted by molar-refractivity contribution is 0.0275. The fraction of sp³-hybridized carbons (Fsp3) is 0.231. The Balaban J connectivity index is 1.88. The van der Waals surface area contributed by atoms with Gasteiger partial charge in [0.1, 0.15) is 17.2 Å². The summed E-state index contributed by atoms with van der Waals surface area (Å²) in [5.41, 5.74) is 1.43. The van der Waals surface area contributed by atoms with Crippen LogP contribution in [0, 0.1) is 0 Å². The van der Waals surface area contributed by atoms with Gasteiger partial charge in [0.05, 0.1) is 25.3 Å². The number of esters is 1. The van der Waals surface area contributed by atoms with E-state index in [0.29, 0.717) is 28.4 Å². The number of ketones is 1. The molecule has 0 aliphatic carbocycles. The standard InChI is InChI=1S/C26H26O7/c1-29-17-32-23-7-5-4-6-22(23)25(27)24(16-18-8-12-20(30-2)13-9-18)33-26(28)19-10-14-21(31-3)15-11-19/h4-15,24H,16-17H2,1-3H3. The van der Waals surface area contributed by atoms with Gasteiger partial charge in [-0.15, -0.1) is 0 Å². The number of rotatable bonds is 11. The van der Waals surface area contributed by atoms with E-state index in [2.05, 4.69) is 0 Å². The van der Waals surface area contributed by atoms with Crippen molar-refractivity contribution < 1.29 is 33.3 Å². The molecule has 0 radical (unpaired) electrons. The number of Topliss-reactive ketones (excluding diaryl/α,β-unsaturated/α-hetero) is 1. The molecule has 0 saturated heterocycles. The molecule has 0 aliphatic heterocycles. The molecule has 0 fully saturated rings. The van der Waals surface area contributed by atoms with E-state index >= 15 is 0 Å². The number of hydrogen-bond donors (Lipinski definition) is 0. The Morgan fingerprint density at radius 1 is 0.788 bits per heavy atom. The van der Waals surface area contributed by atoms with Crippen LogP contribution in [0.5, 0.6) is 17.2 Å². The van der Waals surface area contributed by atoms with Crippen molar-refractivity contribution in [3.8, 4) is 17.2 Å². The summed E-state index contributed by atoms with van der Waals surface area (Å²) < 4.78 is 26.5. The minimum absolute atomic E-state index is 0.0148. The Kier molecular flexibility index (Phi) is 8.43. The molecular weight excluding hydrogens is 424 g/mol. The summed E-state index contributed by atoms with van der Waals surface area (Å²) in [7, 11) is 4.61. The van der Waals surface area contributed by atoms with E-state index in [1.54, 1.807) is 74.9 Å². The van der Waals surface area contributed by atoms with Crippen LogP contribution in [0.25, 0.3) is 0 Å². The molecular formula is C26H26O7. The Hall–Kier alpha value is -3.84. The summed E-state index contributed by atoms with van der Waals surface area (Å²) in [4.78, 5) is 26.3. The van der Waals surface area contributed by atoms with Gasteiger partial charge in [0.2, 0.25) is 5.78 Å². The lowest BCUT2D eigenvalue weighted by Gasteiger charge is -2.19. The Labute approximate surface area is 192 Å². The molecule has 0 N–H and O–H groups in total. The number of benzene rings is 3. The van der Waals surface area contributed by atoms with Gasteiger partial charge < -0.3 is 23.7 Å². The van der Waals surface area contributed by atoms with E-state index < -0.39 is 12.1 Å². The summed E-state index contributed by atoms with van der Waals surface area (Å²) in [6.07, 6.45) is -0.885. The second-order valence-electron chi connectivity index (χ2n) is 7.09. The van der Waals surface area contributed by atoms with E-state index in [-0.39, 0.29) is 19.0 Å². The molecule has 3 aromatic rings. The molecule has 33 heavy (non-hydrogen) atoms. The summed E-state index contributed by atoms with van der Waals surface area (Å²) in [6, 6.07) is 20.5. The average Bonchev–Trinajstić information content (AvgIpc) is 2.87. The van der Waals surface area contributed by atoms with E-state index in [1.165, 1.54) is 7.11 Å². The van der Waals surface area contributed by atoms with Crippen molar-refractivity contribution in [1.82, 2.24) is 0 Å². The van der Waals surface area contributed by atoms with Crippen molar-refractivity contribution in [3.63, 3.8) is 0 Å². The van der Waals surface area contributed by atoms with Gasteiger partial charge in [-0.1, -0.05) is 24.3 Å². The Morgan fingerprint density at radius 3 is 2.00 bits per heavy atom. The van der Waals surface area contributed by atoms with Crippen molar-refractivity contribution in [2.45, 2.75) is 12.5 Å². The first-order valence-corrected chi connectivity index (χ1v) is 10.3. The highest BCUT2D eigenvalue weighted by Crippen LogP contribution is 2.24. The third-order valence-corrected chi connectivity index (χ3v) is 4.93. The first kappa shape index (κ1) is 23.8. The fourth-order valence-electron chi connectivity index (χ4n) is 3.18. The van der Waals surface area contributed by atoms with Gasteiger partial charge in [0.25, 0.3) is 0 Å². The second-order valence-corrected chi connectivity index (χ2v) is 7.09. The minimum Gasteiger partial charge on any atom is -0.497 e. The van der Waals surface area contributed by atoms with Crippen molar-refractivity contribution >= 4 is 11.8 Å². The lowest BCUT2D eigenvalue weighted by Crippen LogP contribution is -2.30. The maximum atomic E-state index is 13.5. The minimum atomic E-state index is -1.07. The lowest BCUT2D eigenvalue weighted by atomic mass is 9.99. The van der Waals surface area contributed by atoms with Crippen LogP contribution in [-0.4, -0.2) is 46.0 Å². The topological polar surface area (TPSA) is 80.3 Å². The van der Waals surface area contributed by atoms with E-state index in [0.717, 1.165) is 5.56 Å². The van der Waals surface area contributed by atoms with E-state index in [9.17, 15) is 9.59 Å². The monoisotopic (exact) mass is 450 g/mol. The molecule has 0 heterocycles. The van der Waals surface area contributed by atoms with Crippen LogP contribution in [0.4, 0.5) is 0 Å². The van der Waals surface area contributed by atoms with Gasteiger partial charge in [-0.2, -0.15) is 0 Å². The molecule has 1 atom stereocenters. The van der Waals surface area contributed by atoms with Crippen molar-refractivity contribution in [2.24, 2.45) is 0 Å². The molecule has 7 nitrogen and oxygen atoms in total. The molecule has 172 valence electrons. The maximum Gasteiger partial charge on any atom is 0.338 e. The van der Waals surface area contributed by atoms with Crippen molar-refractivity contribution in [1.29, 1.82) is 0 Å². The van der Waals surface area contributed by atoms with Gasteiger partial charge in [-0.25, -0.2) is 4.79 Å². The number of carbonyl (C=O) groups excluding carboxylic acids is 2. The zero-order valence-corrected chi connectivity index (χ0v) is 18.8. The van der Waals surface area contributed by atoms with Crippen LogP contribution in [0.1, 0.15) is 26.3 Å². The predicted octanol–water partition coefficient (Wildman–Crippen LogP) is 4.34. The maximum absolute atomic E-state index is 13.5. The number of hydrogen-bond acceptors (Lipinski definition) is 7. The molecule has 0 bridgehead atoms. The van der Waals surface area contributed by atoms with Crippen LogP contribution in [0.15, 0.2) is 72.8 Å². The van der Waals surface area contributed by atoms with Gasteiger partial charge in [-0.05, 0) is 54.1 Å². The third-order valence-electron chi connectivity index (χ3n) is 4.93. The molecule has 7 heteroatoms. The largest absolute Gasteiger partial charge is 0.497 e. The summed E-state index contributed by atoms with van der Waals surface area (Å²) in [6.45, 7) is -0.0148. The van der Waals surface area contributed by atoms with Crippen molar-refractivity contribution in [2.75, 3.05) is 28.1 Å². The highest BCUT2D eigenvalue weighted by molar-refractivity contribution is 6.03.